The smallest absolute Gasteiger partial charge is 0.287 e. The monoisotopic (exact) mass is 430 g/mol. The number of hydrogen-bond acceptors (Lipinski definition) is 4. The lowest BCUT2D eigenvalue weighted by molar-refractivity contribution is 0.0907. The lowest BCUT2D eigenvalue weighted by atomic mass is 10.1. The number of carbonyl (C=O) groups excluding carboxylic acids is 1. The Kier molecular flexibility index (Phi) is 5.10. The van der Waals surface area contributed by atoms with Gasteiger partial charge in [-0.25, -0.2) is 0 Å². The average Bonchev–Trinajstić information content (AvgIpc) is 3.37. The Hall–Kier alpha value is -2.05. The third-order valence-electron chi connectivity index (χ3n) is 5.23. The van der Waals surface area contributed by atoms with E-state index >= 15 is 0 Å². The molecular formula is C21H23BrN2O3. The van der Waals surface area contributed by atoms with E-state index in [9.17, 15) is 4.79 Å². The quantitative estimate of drug-likeness (QED) is 0.620. The largest absolute Gasteiger partial charge is 0.465 e. The SMILES string of the molecule is Cc1ccc([C@@H](CNC(=O)c2oc3cc(Br)ccc3c2C)N2CCCC2)o1. The summed E-state index contributed by atoms with van der Waals surface area (Å²) >= 11 is 3.44. The molecule has 0 unspecified atom stereocenters. The molecule has 27 heavy (non-hydrogen) atoms. The number of aryl methyl sites for hydroxylation is 2. The summed E-state index contributed by atoms with van der Waals surface area (Å²) < 4.78 is 12.6. The molecule has 6 heteroatoms. The summed E-state index contributed by atoms with van der Waals surface area (Å²) in [5, 5.41) is 4.01. The predicted octanol–water partition coefficient (Wildman–Crippen LogP) is 4.97. The first kappa shape index (κ1) is 18.3. The molecule has 0 radical (unpaired) electrons. The van der Waals surface area contributed by atoms with E-state index in [2.05, 4.69) is 26.1 Å². The summed E-state index contributed by atoms with van der Waals surface area (Å²) in [6.45, 7) is 6.41. The van der Waals surface area contributed by atoms with Gasteiger partial charge in [-0.1, -0.05) is 15.9 Å². The Balaban J connectivity index is 1.53. The van der Waals surface area contributed by atoms with E-state index in [4.69, 9.17) is 8.83 Å². The highest BCUT2D eigenvalue weighted by atomic mass is 79.9. The average molecular weight is 431 g/mol. The Bertz CT molecular complexity index is 969. The second-order valence-electron chi connectivity index (χ2n) is 7.11. The van der Waals surface area contributed by atoms with Crippen molar-refractivity contribution in [3.8, 4) is 0 Å². The number of amides is 1. The highest BCUT2D eigenvalue weighted by molar-refractivity contribution is 9.10. The molecule has 1 N–H and O–H groups in total. The normalized spacial score (nSPS) is 16.1. The second kappa shape index (κ2) is 7.52. The standard InChI is InChI=1S/C21H23BrN2O3/c1-13-5-8-18(26-13)17(24-9-3-4-10-24)12-23-21(25)20-14(2)16-7-6-15(22)11-19(16)27-20/h5-8,11,17H,3-4,9-10,12H2,1-2H3,(H,23,25)/t17-/m1/s1. The van der Waals surface area contributed by atoms with Gasteiger partial charge in [0.2, 0.25) is 0 Å². The molecule has 5 nitrogen and oxygen atoms in total. The maximum Gasteiger partial charge on any atom is 0.287 e. The van der Waals surface area contributed by atoms with Gasteiger partial charge in [-0.2, -0.15) is 0 Å². The lowest BCUT2D eigenvalue weighted by Gasteiger charge is -2.25. The van der Waals surface area contributed by atoms with E-state index in [1.807, 2.05) is 44.2 Å². The van der Waals surface area contributed by atoms with E-state index < -0.39 is 0 Å². The molecule has 3 aromatic rings. The zero-order valence-corrected chi connectivity index (χ0v) is 17.1. The van der Waals surface area contributed by atoms with Crippen LogP contribution in [0.2, 0.25) is 0 Å². The zero-order valence-electron chi connectivity index (χ0n) is 15.5. The minimum Gasteiger partial charge on any atom is -0.465 e. The Morgan fingerprint density at radius 2 is 1.96 bits per heavy atom. The molecule has 1 atom stereocenters. The number of benzene rings is 1. The molecule has 1 saturated heterocycles. The van der Waals surface area contributed by atoms with Crippen LogP contribution in [0.15, 0.2) is 43.6 Å². The van der Waals surface area contributed by atoms with Crippen LogP contribution in [0.5, 0.6) is 0 Å². The van der Waals surface area contributed by atoms with Gasteiger partial charge in [0.25, 0.3) is 5.91 Å². The molecule has 4 rings (SSSR count). The summed E-state index contributed by atoms with van der Waals surface area (Å²) in [6, 6.07) is 9.83. The Labute approximate surface area is 166 Å². The van der Waals surface area contributed by atoms with Gasteiger partial charge in [0.15, 0.2) is 5.76 Å². The fourth-order valence-corrected chi connectivity index (χ4v) is 4.12. The maximum atomic E-state index is 12.8. The van der Waals surface area contributed by atoms with Crippen LogP contribution in [0.1, 0.15) is 46.5 Å². The number of nitrogens with zero attached hydrogens (tertiary/aromatic N) is 1. The molecule has 0 spiro atoms. The zero-order chi connectivity index (χ0) is 19.0. The van der Waals surface area contributed by atoms with Gasteiger partial charge in [0.1, 0.15) is 17.1 Å². The first-order chi connectivity index (χ1) is 13.0. The van der Waals surface area contributed by atoms with Crippen molar-refractivity contribution >= 4 is 32.8 Å². The number of fused-ring (bicyclic) bond motifs is 1. The van der Waals surface area contributed by atoms with Gasteiger partial charge in [-0.15, -0.1) is 0 Å². The predicted molar refractivity (Wildman–Crippen MR) is 108 cm³/mol. The van der Waals surface area contributed by atoms with Crippen LogP contribution in [-0.2, 0) is 0 Å². The van der Waals surface area contributed by atoms with Gasteiger partial charge < -0.3 is 14.2 Å². The van der Waals surface area contributed by atoms with E-state index in [1.165, 1.54) is 12.8 Å². The van der Waals surface area contributed by atoms with Gasteiger partial charge in [-0.3, -0.25) is 9.69 Å². The molecule has 1 aliphatic heterocycles. The molecular weight excluding hydrogens is 408 g/mol. The number of rotatable bonds is 5. The molecule has 3 heterocycles. The molecule has 1 fully saturated rings. The fourth-order valence-electron chi connectivity index (χ4n) is 3.78. The summed E-state index contributed by atoms with van der Waals surface area (Å²) in [7, 11) is 0. The Morgan fingerprint density at radius 3 is 2.67 bits per heavy atom. The fraction of sp³-hybridized carbons (Fsp3) is 0.381. The number of hydrogen-bond donors (Lipinski definition) is 1. The number of nitrogens with one attached hydrogen (secondary N) is 1. The van der Waals surface area contributed by atoms with Crippen LogP contribution in [-0.4, -0.2) is 30.4 Å². The van der Waals surface area contributed by atoms with Crippen LogP contribution in [0.25, 0.3) is 11.0 Å². The molecule has 1 aliphatic rings. The summed E-state index contributed by atoms with van der Waals surface area (Å²) in [5.74, 6) is 1.98. The second-order valence-corrected chi connectivity index (χ2v) is 8.03. The van der Waals surface area contributed by atoms with E-state index in [0.29, 0.717) is 17.9 Å². The molecule has 0 aliphatic carbocycles. The Morgan fingerprint density at radius 1 is 1.19 bits per heavy atom. The molecule has 142 valence electrons. The number of carbonyl (C=O) groups is 1. The minimum atomic E-state index is -0.188. The number of halogens is 1. The van der Waals surface area contributed by atoms with E-state index in [0.717, 1.165) is 40.0 Å². The van der Waals surface area contributed by atoms with Crippen molar-refractivity contribution in [2.45, 2.75) is 32.7 Å². The highest BCUT2D eigenvalue weighted by Gasteiger charge is 2.27. The van der Waals surface area contributed by atoms with Crippen molar-refractivity contribution in [1.29, 1.82) is 0 Å². The summed E-state index contributed by atoms with van der Waals surface area (Å²) in [5.41, 5.74) is 1.58. The van der Waals surface area contributed by atoms with Gasteiger partial charge in [-0.05, 0) is 70.1 Å². The summed E-state index contributed by atoms with van der Waals surface area (Å²) in [4.78, 5) is 15.2. The van der Waals surface area contributed by atoms with Crippen LogP contribution in [0, 0.1) is 13.8 Å². The van der Waals surface area contributed by atoms with Crippen LogP contribution in [0.4, 0.5) is 0 Å². The van der Waals surface area contributed by atoms with Gasteiger partial charge in [0, 0.05) is 22.0 Å². The first-order valence-electron chi connectivity index (χ1n) is 9.30. The number of likely N-dealkylation sites (tertiary alicyclic amines) is 1. The van der Waals surface area contributed by atoms with Crippen molar-refractivity contribution < 1.29 is 13.6 Å². The molecule has 1 amide bonds. The summed E-state index contributed by atoms with van der Waals surface area (Å²) in [6.07, 6.45) is 2.36. The van der Waals surface area contributed by atoms with Crippen molar-refractivity contribution in [3.05, 3.63) is 57.6 Å². The van der Waals surface area contributed by atoms with Crippen molar-refractivity contribution in [1.82, 2.24) is 10.2 Å². The van der Waals surface area contributed by atoms with E-state index in [-0.39, 0.29) is 11.9 Å². The van der Waals surface area contributed by atoms with Crippen molar-refractivity contribution in [2.24, 2.45) is 0 Å². The third-order valence-corrected chi connectivity index (χ3v) is 5.73. The number of furan rings is 2. The van der Waals surface area contributed by atoms with Crippen LogP contribution in [0.3, 0.4) is 0 Å². The van der Waals surface area contributed by atoms with Gasteiger partial charge in [0.05, 0.1) is 6.04 Å². The van der Waals surface area contributed by atoms with Crippen LogP contribution < -0.4 is 5.32 Å². The highest BCUT2D eigenvalue weighted by Crippen LogP contribution is 2.29. The maximum absolute atomic E-state index is 12.8. The van der Waals surface area contributed by atoms with Gasteiger partial charge >= 0.3 is 0 Å². The third kappa shape index (κ3) is 3.69. The molecule has 1 aromatic carbocycles. The topological polar surface area (TPSA) is 58.6 Å². The molecule has 2 aromatic heterocycles. The van der Waals surface area contributed by atoms with Crippen LogP contribution >= 0.6 is 15.9 Å². The lowest BCUT2D eigenvalue weighted by Crippen LogP contribution is -2.36. The molecule has 0 saturated carbocycles. The van der Waals surface area contributed by atoms with E-state index in [1.54, 1.807) is 0 Å². The first-order valence-corrected chi connectivity index (χ1v) is 10.1. The van der Waals surface area contributed by atoms with Crippen molar-refractivity contribution in [2.75, 3.05) is 19.6 Å². The minimum absolute atomic E-state index is 0.0454. The molecule has 0 bridgehead atoms. The van der Waals surface area contributed by atoms with Crippen molar-refractivity contribution in [3.63, 3.8) is 0 Å².